The second-order valence-electron chi connectivity index (χ2n) is 3.75. The number of ether oxygens (including phenoxy) is 3. The lowest BCUT2D eigenvalue weighted by molar-refractivity contribution is -0.0722. The second kappa shape index (κ2) is 5.95. The summed E-state index contributed by atoms with van der Waals surface area (Å²) in [4.78, 5) is 0.0185. The Labute approximate surface area is 90.5 Å². The van der Waals surface area contributed by atoms with Crippen molar-refractivity contribution in [2.24, 2.45) is 0 Å². The molecular formula is C10H20O3S. The summed E-state index contributed by atoms with van der Waals surface area (Å²) in [5, 5.41) is 0. The number of hydrogen-bond acceptors (Lipinski definition) is 4. The van der Waals surface area contributed by atoms with Crippen LogP contribution in [-0.2, 0) is 14.2 Å². The van der Waals surface area contributed by atoms with E-state index >= 15 is 0 Å². The maximum absolute atomic E-state index is 5.67. The average Bonchev–Trinajstić information content (AvgIpc) is 2.60. The van der Waals surface area contributed by atoms with Gasteiger partial charge in [0.2, 0.25) is 0 Å². The van der Waals surface area contributed by atoms with Gasteiger partial charge >= 0.3 is 0 Å². The van der Waals surface area contributed by atoms with Gasteiger partial charge < -0.3 is 14.2 Å². The Morgan fingerprint density at radius 1 is 1.57 bits per heavy atom. The SMILES string of the molecule is COCOC(C)CCC1(C)OCCS1. The minimum Gasteiger partial charge on any atom is -0.364 e. The molecule has 0 radical (unpaired) electrons. The maximum atomic E-state index is 5.67. The molecule has 0 saturated carbocycles. The van der Waals surface area contributed by atoms with Crippen molar-refractivity contribution in [2.45, 2.75) is 37.7 Å². The van der Waals surface area contributed by atoms with Crippen molar-refractivity contribution in [3.8, 4) is 0 Å². The summed E-state index contributed by atoms with van der Waals surface area (Å²) >= 11 is 1.90. The molecule has 0 N–H and O–H groups in total. The van der Waals surface area contributed by atoms with E-state index in [0.717, 1.165) is 25.2 Å². The van der Waals surface area contributed by atoms with Crippen LogP contribution in [0.15, 0.2) is 0 Å². The van der Waals surface area contributed by atoms with Gasteiger partial charge in [0.25, 0.3) is 0 Å². The fourth-order valence-electron chi connectivity index (χ4n) is 1.43. The Balaban J connectivity index is 2.12. The van der Waals surface area contributed by atoms with Crippen LogP contribution < -0.4 is 0 Å². The molecule has 1 aliphatic rings. The summed E-state index contributed by atoms with van der Waals surface area (Å²) in [6.07, 6.45) is 2.31. The van der Waals surface area contributed by atoms with E-state index in [4.69, 9.17) is 14.2 Å². The molecule has 0 aromatic carbocycles. The van der Waals surface area contributed by atoms with Gasteiger partial charge in [0.1, 0.15) is 11.7 Å². The maximum Gasteiger partial charge on any atom is 0.146 e. The zero-order valence-corrected chi connectivity index (χ0v) is 10.1. The van der Waals surface area contributed by atoms with Crippen molar-refractivity contribution in [3.63, 3.8) is 0 Å². The zero-order valence-electron chi connectivity index (χ0n) is 9.25. The fourth-order valence-corrected chi connectivity index (χ4v) is 2.46. The third-order valence-electron chi connectivity index (χ3n) is 2.37. The zero-order chi connectivity index (χ0) is 10.4. The summed E-state index contributed by atoms with van der Waals surface area (Å²) in [5.74, 6) is 1.11. The van der Waals surface area contributed by atoms with Crippen molar-refractivity contribution >= 4 is 11.8 Å². The molecular weight excluding hydrogens is 200 g/mol. The van der Waals surface area contributed by atoms with Crippen molar-refractivity contribution in [3.05, 3.63) is 0 Å². The van der Waals surface area contributed by atoms with Crippen LogP contribution >= 0.6 is 11.8 Å². The molecule has 1 aliphatic heterocycles. The normalized spacial score (nSPS) is 29.4. The van der Waals surface area contributed by atoms with E-state index in [2.05, 4.69) is 13.8 Å². The van der Waals surface area contributed by atoms with Crippen LogP contribution in [0.25, 0.3) is 0 Å². The molecule has 1 saturated heterocycles. The molecule has 1 rings (SSSR count). The molecule has 1 fully saturated rings. The highest BCUT2D eigenvalue weighted by molar-refractivity contribution is 8.00. The summed E-state index contributed by atoms with van der Waals surface area (Å²) < 4.78 is 15.9. The van der Waals surface area contributed by atoms with Crippen LogP contribution in [0.1, 0.15) is 26.7 Å². The number of rotatable bonds is 6. The summed E-state index contributed by atoms with van der Waals surface area (Å²) in [7, 11) is 1.64. The van der Waals surface area contributed by atoms with E-state index in [1.165, 1.54) is 0 Å². The summed E-state index contributed by atoms with van der Waals surface area (Å²) in [6.45, 7) is 5.50. The number of hydrogen-bond donors (Lipinski definition) is 0. The van der Waals surface area contributed by atoms with Gasteiger partial charge in [-0.05, 0) is 26.7 Å². The van der Waals surface area contributed by atoms with E-state index in [9.17, 15) is 0 Å². The minimum atomic E-state index is 0.0185. The van der Waals surface area contributed by atoms with E-state index in [1.807, 2.05) is 11.8 Å². The number of thioether (sulfide) groups is 1. The van der Waals surface area contributed by atoms with Crippen LogP contribution in [0, 0.1) is 0 Å². The molecule has 2 atom stereocenters. The van der Waals surface area contributed by atoms with Crippen LogP contribution in [0.5, 0.6) is 0 Å². The van der Waals surface area contributed by atoms with Gasteiger partial charge in [-0.15, -0.1) is 11.8 Å². The smallest absolute Gasteiger partial charge is 0.146 e. The van der Waals surface area contributed by atoms with Crippen molar-refractivity contribution < 1.29 is 14.2 Å². The molecule has 2 unspecified atom stereocenters. The molecule has 3 nitrogen and oxygen atoms in total. The minimum absolute atomic E-state index is 0.0185. The van der Waals surface area contributed by atoms with Crippen LogP contribution in [0.3, 0.4) is 0 Å². The van der Waals surface area contributed by atoms with Crippen LogP contribution in [-0.4, -0.2) is 37.3 Å². The Morgan fingerprint density at radius 3 is 2.93 bits per heavy atom. The third-order valence-corrected chi connectivity index (χ3v) is 3.68. The molecule has 1 heterocycles. The van der Waals surface area contributed by atoms with Gasteiger partial charge in [-0.1, -0.05) is 0 Å². The molecule has 14 heavy (non-hydrogen) atoms. The molecule has 4 heteroatoms. The highest BCUT2D eigenvalue weighted by Crippen LogP contribution is 2.36. The first-order valence-electron chi connectivity index (χ1n) is 5.05. The average molecular weight is 220 g/mol. The monoisotopic (exact) mass is 220 g/mol. The molecule has 0 aromatic heterocycles. The predicted octanol–water partition coefficient (Wildman–Crippen LogP) is 2.26. The van der Waals surface area contributed by atoms with Crippen molar-refractivity contribution in [1.82, 2.24) is 0 Å². The molecule has 0 amide bonds. The van der Waals surface area contributed by atoms with E-state index in [-0.39, 0.29) is 11.0 Å². The third kappa shape index (κ3) is 4.17. The first kappa shape index (κ1) is 12.3. The van der Waals surface area contributed by atoms with Gasteiger partial charge in [0.05, 0.1) is 12.7 Å². The Hall–Kier alpha value is 0.230. The van der Waals surface area contributed by atoms with Gasteiger partial charge in [0, 0.05) is 12.9 Å². The van der Waals surface area contributed by atoms with Gasteiger partial charge in [-0.3, -0.25) is 0 Å². The molecule has 0 aromatic rings. The van der Waals surface area contributed by atoms with E-state index < -0.39 is 0 Å². The first-order chi connectivity index (χ1) is 6.66. The summed E-state index contributed by atoms with van der Waals surface area (Å²) in [5.41, 5.74) is 0. The largest absolute Gasteiger partial charge is 0.364 e. The molecule has 0 spiro atoms. The quantitative estimate of drug-likeness (QED) is 0.642. The topological polar surface area (TPSA) is 27.7 Å². The number of methoxy groups -OCH3 is 1. The van der Waals surface area contributed by atoms with E-state index in [0.29, 0.717) is 6.79 Å². The lowest BCUT2D eigenvalue weighted by Crippen LogP contribution is -2.22. The predicted molar refractivity (Wildman–Crippen MR) is 58.5 cm³/mol. The van der Waals surface area contributed by atoms with Gasteiger partial charge in [0.15, 0.2) is 0 Å². The Kier molecular flexibility index (Phi) is 5.23. The lowest BCUT2D eigenvalue weighted by atomic mass is 10.1. The molecule has 0 aliphatic carbocycles. The van der Waals surface area contributed by atoms with Crippen LogP contribution in [0.4, 0.5) is 0 Å². The lowest BCUT2D eigenvalue weighted by Gasteiger charge is -2.23. The van der Waals surface area contributed by atoms with Crippen LogP contribution in [0.2, 0.25) is 0 Å². The van der Waals surface area contributed by atoms with Crippen molar-refractivity contribution in [1.29, 1.82) is 0 Å². The fraction of sp³-hybridized carbons (Fsp3) is 1.00. The molecule has 0 bridgehead atoms. The highest BCUT2D eigenvalue weighted by Gasteiger charge is 2.30. The Morgan fingerprint density at radius 2 is 2.36 bits per heavy atom. The van der Waals surface area contributed by atoms with Gasteiger partial charge in [-0.25, -0.2) is 0 Å². The van der Waals surface area contributed by atoms with Crippen molar-refractivity contribution in [2.75, 3.05) is 26.3 Å². The molecule has 84 valence electrons. The Bertz CT molecular complexity index is 157. The van der Waals surface area contributed by atoms with E-state index in [1.54, 1.807) is 7.11 Å². The summed E-state index contributed by atoms with van der Waals surface area (Å²) in [6, 6.07) is 0. The first-order valence-corrected chi connectivity index (χ1v) is 6.03. The second-order valence-corrected chi connectivity index (χ2v) is 5.31. The standard InChI is InChI=1S/C10H20O3S/c1-9(12-8-11-3)4-5-10(2)13-6-7-14-10/h9H,4-8H2,1-3H3. The highest BCUT2D eigenvalue weighted by atomic mass is 32.2. The van der Waals surface area contributed by atoms with Gasteiger partial charge in [-0.2, -0.15) is 0 Å².